The van der Waals surface area contributed by atoms with Crippen molar-refractivity contribution in [3.63, 3.8) is 0 Å². The van der Waals surface area contributed by atoms with Crippen LogP contribution in [0.15, 0.2) is 30.5 Å². The number of aryl methyl sites for hydroxylation is 1. The van der Waals surface area contributed by atoms with Crippen LogP contribution in [0.1, 0.15) is 36.2 Å². The lowest BCUT2D eigenvalue weighted by molar-refractivity contribution is 0.521. The van der Waals surface area contributed by atoms with E-state index in [9.17, 15) is 0 Å². The summed E-state index contributed by atoms with van der Waals surface area (Å²) in [5, 5.41) is 3.54. The van der Waals surface area contributed by atoms with Crippen LogP contribution in [0.2, 0.25) is 0 Å². The second-order valence-corrected chi connectivity index (χ2v) is 5.09. The van der Waals surface area contributed by atoms with Gasteiger partial charge in [-0.05, 0) is 31.9 Å². The molecule has 1 N–H and O–H groups in total. The first-order valence-corrected chi connectivity index (χ1v) is 7.09. The molecule has 96 valence electrons. The summed E-state index contributed by atoms with van der Waals surface area (Å²) in [5.41, 5.74) is 3.68. The largest absolute Gasteiger partial charge is 0.308 e. The van der Waals surface area contributed by atoms with Gasteiger partial charge in [-0.25, -0.2) is 0 Å². The van der Waals surface area contributed by atoms with E-state index in [-0.39, 0.29) is 6.04 Å². The molecule has 0 aliphatic rings. The van der Waals surface area contributed by atoms with Crippen molar-refractivity contribution in [3.05, 3.63) is 47.3 Å². The second-order valence-electron chi connectivity index (χ2n) is 4.53. The third-order valence-electron chi connectivity index (χ3n) is 2.94. The van der Waals surface area contributed by atoms with Crippen LogP contribution in [0.4, 0.5) is 0 Å². The first-order valence-electron chi connectivity index (χ1n) is 6.36. The summed E-state index contributed by atoms with van der Waals surface area (Å²) in [4.78, 5) is 0. The minimum atomic E-state index is 0.270. The highest BCUT2D eigenvalue weighted by Crippen LogP contribution is 2.17. The first kappa shape index (κ1) is 13.2. The molecule has 0 spiro atoms. The Bertz CT molecular complexity index is 450. The highest BCUT2D eigenvalue weighted by Gasteiger charge is 2.13. The summed E-state index contributed by atoms with van der Waals surface area (Å²) in [5.74, 6) is 0. The molecule has 0 fully saturated rings. The number of hydrogen-bond donors (Lipinski definition) is 1. The van der Waals surface area contributed by atoms with Crippen molar-refractivity contribution in [1.82, 2.24) is 14.1 Å². The van der Waals surface area contributed by atoms with E-state index < -0.39 is 0 Å². The Morgan fingerprint density at radius 2 is 2.06 bits per heavy atom. The molecule has 3 nitrogen and oxygen atoms in total. The maximum atomic E-state index is 4.35. The smallest absolute Gasteiger partial charge is 0.0915 e. The Hall–Kier alpha value is -1.26. The predicted octanol–water partition coefficient (Wildman–Crippen LogP) is 3.13. The third kappa shape index (κ3) is 3.62. The standard InChI is InChI=1S/C14H19N3S/c1-3-8-15-13(14-10-16-18-17-14)9-12-6-4-11(2)5-7-12/h4-7,10,13,15H,3,8-9H2,1-2H3. The maximum absolute atomic E-state index is 4.35. The minimum absolute atomic E-state index is 0.270. The van der Waals surface area contributed by atoms with Crippen molar-refractivity contribution < 1.29 is 0 Å². The second kappa shape index (κ2) is 6.61. The number of nitrogens with zero attached hydrogens (tertiary/aromatic N) is 2. The normalized spacial score (nSPS) is 12.6. The molecule has 1 atom stereocenters. The molecule has 0 aliphatic carbocycles. The molecule has 0 saturated carbocycles. The van der Waals surface area contributed by atoms with Crippen LogP contribution >= 0.6 is 11.7 Å². The Labute approximate surface area is 113 Å². The molecular formula is C14H19N3S. The summed E-state index contributed by atoms with van der Waals surface area (Å²) in [6.45, 7) is 5.30. The molecule has 0 amide bonds. The molecular weight excluding hydrogens is 242 g/mol. The summed E-state index contributed by atoms with van der Waals surface area (Å²) in [6.07, 6.45) is 3.96. The molecule has 2 aromatic rings. The van der Waals surface area contributed by atoms with Gasteiger partial charge in [0.15, 0.2) is 0 Å². The van der Waals surface area contributed by atoms with Crippen LogP contribution in [-0.4, -0.2) is 15.3 Å². The van der Waals surface area contributed by atoms with Gasteiger partial charge in [-0.15, -0.1) is 0 Å². The lowest BCUT2D eigenvalue weighted by atomic mass is 10.0. The van der Waals surface area contributed by atoms with Gasteiger partial charge in [-0.3, -0.25) is 0 Å². The Morgan fingerprint density at radius 1 is 1.28 bits per heavy atom. The highest BCUT2D eigenvalue weighted by atomic mass is 32.1. The fourth-order valence-electron chi connectivity index (χ4n) is 1.89. The van der Waals surface area contributed by atoms with Crippen molar-refractivity contribution in [2.45, 2.75) is 32.7 Å². The minimum Gasteiger partial charge on any atom is -0.308 e. The van der Waals surface area contributed by atoms with E-state index >= 15 is 0 Å². The van der Waals surface area contributed by atoms with Crippen LogP contribution in [0.5, 0.6) is 0 Å². The van der Waals surface area contributed by atoms with Crippen LogP contribution in [0.3, 0.4) is 0 Å². The predicted molar refractivity (Wildman–Crippen MR) is 75.8 cm³/mol. The molecule has 1 unspecified atom stereocenters. The molecule has 1 aromatic heterocycles. The molecule has 0 aliphatic heterocycles. The summed E-state index contributed by atoms with van der Waals surface area (Å²) in [6, 6.07) is 8.97. The van der Waals surface area contributed by atoms with Crippen LogP contribution in [0.25, 0.3) is 0 Å². The topological polar surface area (TPSA) is 37.8 Å². The average molecular weight is 261 g/mol. The number of rotatable bonds is 6. The van der Waals surface area contributed by atoms with Crippen molar-refractivity contribution in [2.24, 2.45) is 0 Å². The van der Waals surface area contributed by atoms with Crippen molar-refractivity contribution in [3.8, 4) is 0 Å². The van der Waals surface area contributed by atoms with Gasteiger partial charge < -0.3 is 5.32 Å². The molecule has 0 saturated heterocycles. The van der Waals surface area contributed by atoms with Crippen molar-refractivity contribution in [2.75, 3.05) is 6.54 Å². The van der Waals surface area contributed by atoms with Gasteiger partial charge in [0.25, 0.3) is 0 Å². The van der Waals surface area contributed by atoms with Gasteiger partial charge in [0.2, 0.25) is 0 Å². The van der Waals surface area contributed by atoms with E-state index in [4.69, 9.17) is 0 Å². The fourth-order valence-corrected chi connectivity index (χ4v) is 2.36. The van der Waals surface area contributed by atoms with E-state index in [0.29, 0.717) is 0 Å². The first-order chi connectivity index (χ1) is 8.79. The van der Waals surface area contributed by atoms with E-state index in [2.05, 4.69) is 52.2 Å². The third-order valence-corrected chi connectivity index (χ3v) is 3.43. The Balaban J connectivity index is 2.07. The van der Waals surface area contributed by atoms with Gasteiger partial charge in [0.05, 0.1) is 29.7 Å². The molecule has 2 rings (SSSR count). The zero-order chi connectivity index (χ0) is 12.8. The van der Waals surface area contributed by atoms with Crippen LogP contribution in [0, 0.1) is 6.92 Å². The van der Waals surface area contributed by atoms with Gasteiger partial charge in [-0.1, -0.05) is 36.8 Å². The van der Waals surface area contributed by atoms with Gasteiger partial charge in [-0.2, -0.15) is 8.75 Å². The molecule has 1 heterocycles. The molecule has 0 bridgehead atoms. The summed E-state index contributed by atoms with van der Waals surface area (Å²) < 4.78 is 8.45. The summed E-state index contributed by atoms with van der Waals surface area (Å²) in [7, 11) is 0. The molecule has 1 aromatic carbocycles. The SMILES string of the molecule is CCCNC(Cc1ccc(C)cc1)c1cnsn1. The number of benzene rings is 1. The van der Waals surface area contributed by atoms with Gasteiger partial charge >= 0.3 is 0 Å². The zero-order valence-corrected chi connectivity index (χ0v) is 11.7. The number of nitrogens with one attached hydrogen (secondary N) is 1. The molecule has 0 radical (unpaired) electrons. The number of hydrogen-bond acceptors (Lipinski definition) is 4. The lowest BCUT2D eigenvalue weighted by Gasteiger charge is -2.16. The van der Waals surface area contributed by atoms with E-state index in [1.54, 1.807) is 0 Å². The van der Waals surface area contributed by atoms with Crippen LogP contribution < -0.4 is 5.32 Å². The fraction of sp³-hybridized carbons (Fsp3) is 0.429. The highest BCUT2D eigenvalue weighted by molar-refractivity contribution is 6.99. The van der Waals surface area contributed by atoms with Gasteiger partial charge in [0.1, 0.15) is 0 Å². The monoisotopic (exact) mass is 261 g/mol. The van der Waals surface area contributed by atoms with Crippen molar-refractivity contribution in [1.29, 1.82) is 0 Å². The van der Waals surface area contributed by atoms with Gasteiger partial charge in [0, 0.05) is 0 Å². The molecule has 4 heteroatoms. The zero-order valence-electron chi connectivity index (χ0n) is 10.9. The lowest BCUT2D eigenvalue weighted by Crippen LogP contribution is -2.24. The number of aromatic nitrogens is 2. The van der Waals surface area contributed by atoms with E-state index in [0.717, 1.165) is 25.1 Å². The molecule has 18 heavy (non-hydrogen) atoms. The Morgan fingerprint density at radius 3 is 2.67 bits per heavy atom. The maximum Gasteiger partial charge on any atom is 0.0915 e. The van der Waals surface area contributed by atoms with Crippen LogP contribution in [-0.2, 0) is 6.42 Å². The quantitative estimate of drug-likeness (QED) is 0.868. The average Bonchev–Trinajstić information content (AvgIpc) is 2.90. The van der Waals surface area contributed by atoms with E-state index in [1.807, 2.05) is 6.20 Å². The summed E-state index contributed by atoms with van der Waals surface area (Å²) >= 11 is 1.27. The van der Waals surface area contributed by atoms with Crippen molar-refractivity contribution >= 4 is 11.7 Å². The van der Waals surface area contributed by atoms with E-state index in [1.165, 1.54) is 22.9 Å². The Kier molecular flexibility index (Phi) is 4.84.